The zero-order valence-corrected chi connectivity index (χ0v) is 39.6. The average molecular weight is 821 g/mol. The largest absolute Gasteiger partial charge is 0.493 e. The van der Waals surface area contributed by atoms with Crippen molar-refractivity contribution in [3.8, 4) is 23.0 Å². The number of benzene rings is 4. The van der Waals surface area contributed by atoms with Crippen LogP contribution in [0.5, 0.6) is 23.0 Å². The highest BCUT2D eigenvalue weighted by Gasteiger charge is 2.29. The first-order valence-corrected chi connectivity index (χ1v) is 22.5. The lowest BCUT2D eigenvalue weighted by molar-refractivity contribution is 0.199. The van der Waals surface area contributed by atoms with E-state index in [4.69, 9.17) is 18.9 Å². The van der Waals surface area contributed by atoms with Crippen molar-refractivity contribution in [3.05, 3.63) is 115 Å². The third-order valence-electron chi connectivity index (χ3n) is 11.5. The third-order valence-corrected chi connectivity index (χ3v) is 11.5. The van der Waals surface area contributed by atoms with Gasteiger partial charge in [-0.1, -0.05) is 145 Å². The Balaban J connectivity index is 2.02. The molecule has 0 amide bonds. The van der Waals surface area contributed by atoms with Crippen molar-refractivity contribution in [2.24, 2.45) is 0 Å². The smallest absolute Gasteiger partial charge is 0.126 e. The second-order valence-corrected chi connectivity index (χ2v) is 21.0. The lowest BCUT2D eigenvalue weighted by Crippen LogP contribution is -2.18. The molecule has 0 spiro atoms. The second kappa shape index (κ2) is 18.9. The molecule has 0 radical (unpaired) electrons. The molecule has 8 bridgehead atoms. The quantitative estimate of drug-likeness (QED) is 0.131. The van der Waals surface area contributed by atoms with Gasteiger partial charge in [0.15, 0.2) is 0 Å². The average Bonchev–Trinajstić information content (AvgIpc) is 3.14. The standard InChI is InChI=1S/C54H76O6/c1-15-19-57-47-35-23-39-31-45(53(9,10)11)33-41(49(39)59-21-17-55)25-37-29-44(52(6,7)8)30-38(48(37)58-20-16-2)26-42-34-46(54(12,13)14)32-40(50(42)60-22-18-56)24-36(47)28-43(27-35)51(3,4)5/h27-34,55-56H,15-26H2,1-14H3. The Morgan fingerprint density at radius 3 is 0.683 bits per heavy atom. The van der Waals surface area contributed by atoms with E-state index in [9.17, 15) is 10.2 Å². The van der Waals surface area contributed by atoms with Crippen LogP contribution < -0.4 is 18.9 Å². The summed E-state index contributed by atoms with van der Waals surface area (Å²) in [5, 5.41) is 20.4. The van der Waals surface area contributed by atoms with Crippen molar-refractivity contribution < 1.29 is 29.2 Å². The van der Waals surface area contributed by atoms with Crippen LogP contribution in [0.25, 0.3) is 0 Å². The highest BCUT2D eigenvalue weighted by atomic mass is 16.5. The van der Waals surface area contributed by atoms with Crippen LogP contribution in [0.2, 0.25) is 0 Å². The first-order chi connectivity index (χ1) is 28.1. The summed E-state index contributed by atoms with van der Waals surface area (Å²) in [5.41, 5.74) is 13.1. The molecule has 0 heterocycles. The van der Waals surface area contributed by atoms with E-state index in [0.717, 1.165) is 80.3 Å². The van der Waals surface area contributed by atoms with Gasteiger partial charge in [-0.25, -0.2) is 0 Å². The summed E-state index contributed by atoms with van der Waals surface area (Å²) in [6.45, 7) is 33.0. The Morgan fingerprint density at radius 1 is 0.350 bits per heavy atom. The van der Waals surface area contributed by atoms with Gasteiger partial charge in [0.2, 0.25) is 0 Å². The highest BCUT2D eigenvalue weighted by Crippen LogP contribution is 2.44. The summed E-state index contributed by atoms with van der Waals surface area (Å²) in [4.78, 5) is 0. The number of rotatable bonds is 12. The van der Waals surface area contributed by atoms with Gasteiger partial charge < -0.3 is 29.2 Å². The van der Waals surface area contributed by atoms with Crippen molar-refractivity contribution in [1.82, 2.24) is 0 Å². The van der Waals surface area contributed by atoms with Crippen molar-refractivity contribution in [3.63, 3.8) is 0 Å². The van der Waals surface area contributed by atoms with Crippen LogP contribution in [0.1, 0.15) is 177 Å². The SMILES string of the molecule is CCCOc1c2cc(C(C)(C)C)cc1Cc1cc(C(C)(C)C)cc(c1OCCO)Cc1cc(C(C)(C)C)cc(c1OCCC)Cc1cc(C(C)(C)C)cc(c1OCCO)C2. The van der Waals surface area contributed by atoms with E-state index < -0.39 is 0 Å². The highest BCUT2D eigenvalue weighted by molar-refractivity contribution is 5.60. The molecule has 60 heavy (non-hydrogen) atoms. The number of aliphatic hydroxyl groups excluding tert-OH is 2. The van der Waals surface area contributed by atoms with Gasteiger partial charge in [-0.3, -0.25) is 0 Å². The molecule has 0 aliphatic heterocycles. The molecule has 6 heteroatoms. The van der Waals surface area contributed by atoms with Crippen LogP contribution in [0.4, 0.5) is 0 Å². The second-order valence-electron chi connectivity index (χ2n) is 21.0. The molecule has 0 unspecified atom stereocenters. The molecule has 328 valence electrons. The molecule has 0 fully saturated rings. The summed E-state index contributed by atoms with van der Waals surface area (Å²) in [6, 6.07) is 18.6. The summed E-state index contributed by atoms with van der Waals surface area (Å²) in [7, 11) is 0. The molecule has 5 rings (SSSR count). The number of fused-ring (bicyclic) bond motifs is 8. The van der Waals surface area contributed by atoms with Gasteiger partial charge in [0.05, 0.1) is 26.4 Å². The number of ether oxygens (including phenoxy) is 4. The first kappa shape index (κ1) is 47.1. The van der Waals surface area contributed by atoms with Gasteiger partial charge in [0.25, 0.3) is 0 Å². The predicted molar refractivity (Wildman–Crippen MR) is 249 cm³/mol. The monoisotopic (exact) mass is 821 g/mol. The van der Waals surface area contributed by atoms with E-state index in [1.807, 2.05) is 0 Å². The maximum atomic E-state index is 10.2. The molecule has 0 saturated heterocycles. The fourth-order valence-corrected chi connectivity index (χ4v) is 8.07. The van der Waals surface area contributed by atoms with Gasteiger partial charge >= 0.3 is 0 Å². The minimum atomic E-state index is -0.141. The van der Waals surface area contributed by atoms with Gasteiger partial charge in [-0.15, -0.1) is 0 Å². The normalized spacial score (nSPS) is 13.6. The fraction of sp³-hybridized carbons (Fsp3) is 0.556. The lowest BCUT2D eigenvalue weighted by Gasteiger charge is -2.29. The molecular weight excluding hydrogens is 745 g/mol. The minimum absolute atomic E-state index is 0.0854. The summed E-state index contributed by atoms with van der Waals surface area (Å²) >= 11 is 0. The van der Waals surface area contributed by atoms with Gasteiger partial charge in [-0.2, -0.15) is 0 Å². The fourth-order valence-electron chi connectivity index (χ4n) is 8.07. The van der Waals surface area contributed by atoms with E-state index in [0.29, 0.717) is 38.9 Å². The number of aliphatic hydroxyl groups is 2. The molecular formula is C54H76O6. The lowest BCUT2D eigenvalue weighted by atomic mass is 9.79. The Bertz CT molecular complexity index is 1700. The zero-order chi connectivity index (χ0) is 44.2. The van der Waals surface area contributed by atoms with Crippen LogP contribution in [0.15, 0.2) is 48.5 Å². The Labute approximate surface area is 363 Å². The maximum Gasteiger partial charge on any atom is 0.126 e. The summed E-state index contributed by atoms with van der Waals surface area (Å²) in [5.74, 6) is 3.44. The Kier molecular flexibility index (Phi) is 14.9. The molecule has 1 aliphatic rings. The first-order valence-electron chi connectivity index (χ1n) is 22.5. The molecule has 0 atom stereocenters. The summed E-state index contributed by atoms with van der Waals surface area (Å²) < 4.78 is 27.1. The number of hydrogen-bond acceptors (Lipinski definition) is 6. The van der Waals surface area contributed by atoms with Crippen molar-refractivity contribution in [2.75, 3.05) is 39.6 Å². The van der Waals surface area contributed by atoms with Crippen molar-refractivity contribution in [1.29, 1.82) is 0 Å². The van der Waals surface area contributed by atoms with E-state index >= 15 is 0 Å². The zero-order valence-electron chi connectivity index (χ0n) is 39.6. The minimum Gasteiger partial charge on any atom is -0.493 e. The molecule has 6 nitrogen and oxygen atoms in total. The van der Waals surface area contributed by atoms with E-state index in [-0.39, 0.29) is 48.1 Å². The van der Waals surface area contributed by atoms with Gasteiger partial charge in [0, 0.05) is 25.7 Å². The maximum absolute atomic E-state index is 10.2. The van der Waals surface area contributed by atoms with Crippen LogP contribution in [-0.4, -0.2) is 49.9 Å². The van der Waals surface area contributed by atoms with Crippen LogP contribution in [0.3, 0.4) is 0 Å². The molecule has 1 aliphatic carbocycles. The van der Waals surface area contributed by atoms with Crippen LogP contribution in [-0.2, 0) is 47.3 Å². The molecule has 2 N–H and O–H groups in total. The predicted octanol–water partition coefficient (Wildman–Crippen LogP) is 11.9. The molecule has 4 aromatic carbocycles. The Morgan fingerprint density at radius 2 is 0.533 bits per heavy atom. The van der Waals surface area contributed by atoms with Gasteiger partial charge in [-0.05, 0) is 101 Å². The molecule has 0 saturated carbocycles. The van der Waals surface area contributed by atoms with Gasteiger partial charge in [0.1, 0.15) is 36.2 Å². The van der Waals surface area contributed by atoms with Crippen molar-refractivity contribution in [2.45, 2.75) is 157 Å². The third kappa shape index (κ3) is 11.3. The van der Waals surface area contributed by atoms with Crippen LogP contribution >= 0.6 is 0 Å². The molecule has 0 aromatic heterocycles. The van der Waals surface area contributed by atoms with Crippen molar-refractivity contribution >= 4 is 0 Å². The van der Waals surface area contributed by atoms with E-state index in [1.54, 1.807) is 0 Å². The van der Waals surface area contributed by atoms with E-state index in [2.05, 4.69) is 145 Å². The summed E-state index contributed by atoms with van der Waals surface area (Å²) in [6.07, 6.45) is 4.09. The van der Waals surface area contributed by atoms with Crippen LogP contribution in [0, 0.1) is 0 Å². The molecule has 4 aromatic rings. The number of hydrogen-bond donors (Lipinski definition) is 2. The topological polar surface area (TPSA) is 77.4 Å². The Hall–Kier alpha value is -4.00. The van der Waals surface area contributed by atoms with E-state index in [1.165, 1.54) is 22.3 Å².